The quantitative estimate of drug-likeness (QED) is 0.494. The van der Waals surface area contributed by atoms with Crippen molar-refractivity contribution in [2.75, 3.05) is 0 Å². The van der Waals surface area contributed by atoms with E-state index in [2.05, 4.69) is 83.5 Å². The summed E-state index contributed by atoms with van der Waals surface area (Å²) in [5, 5.41) is 2.61. The second-order valence-corrected chi connectivity index (χ2v) is 6.64. The number of rotatable bonds is 1. The number of fused-ring (bicyclic) bond motifs is 2. The van der Waals surface area contributed by atoms with Gasteiger partial charge in [0.1, 0.15) is 0 Å². The Morgan fingerprint density at radius 1 is 0.905 bits per heavy atom. The molecule has 0 spiro atoms. The molecule has 3 aromatic rings. The molecule has 0 fully saturated rings. The Bertz CT molecular complexity index is 882. The summed E-state index contributed by atoms with van der Waals surface area (Å²) in [4.78, 5) is 0. The third-order valence-electron chi connectivity index (χ3n) is 4.17. The second-order valence-electron chi connectivity index (χ2n) is 5.72. The number of halogens is 1. The second kappa shape index (κ2) is 4.85. The molecule has 102 valence electrons. The average molecular weight is 335 g/mol. The Morgan fingerprint density at radius 3 is 2.62 bits per heavy atom. The van der Waals surface area contributed by atoms with Crippen molar-refractivity contribution in [3.63, 3.8) is 0 Å². The topological polar surface area (TPSA) is 0 Å². The molecule has 3 aromatic carbocycles. The minimum absolute atomic E-state index is 1.06. The van der Waals surface area contributed by atoms with Crippen molar-refractivity contribution in [1.29, 1.82) is 0 Å². The molecule has 0 atom stereocenters. The van der Waals surface area contributed by atoms with Crippen LogP contribution in [0, 0.1) is 0 Å². The molecule has 0 aliphatic heterocycles. The van der Waals surface area contributed by atoms with Crippen LogP contribution in [0.3, 0.4) is 0 Å². The van der Waals surface area contributed by atoms with Gasteiger partial charge in [0.25, 0.3) is 0 Å². The molecule has 0 nitrogen and oxygen atoms in total. The highest BCUT2D eigenvalue weighted by molar-refractivity contribution is 9.10. The molecule has 0 saturated carbocycles. The van der Waals surface area contributed by atoms with Crippen molar-refractivity contribution in [2.45, 2.75) is 13.3 Å². The zero-order valence-electron chi connectivity index (χ0n) is 11.9. The Kier molecular flexibility index (Phi) is 2.97. The van der Waals surface area contributed by atoms with Gasteiger partial charge in [0.2, 0.25) is 0 Å². The Labute approximate surface area is 133 Å². The van der Waals surface area contributed by atoms with Crippen molar-refractivity contribution >= 4 is 32.8 Å². The summed E-state index contributed by atoms with van der Waals surface area (Å²) in [6.45, 7) is 2.21. The third kappa shape index (κ3) is 2.13. The lowest BCUT2D eigenvalue weighted by Crippen LogP contribution is -1.89. The molecule has 0 N–H and O–H groups in total. The molecule has 1 aliphatic rings. The van der Waals surface area contributed by atoms with E-state index in [4.69, 9.17) is 0 Å². The number of benzene rings is 3. The third-order valence-corrected chi connectivity index (χ3v) is 4.63. The SMILES string of the molecule is CC1=Cc2c(cc(Br)cc2-c2cccc3ccccc23)C1. The van der Waals surface area contributed by atoms with Crippen LogP contribution in [-0.4, -0.2) is 0 Å². The van der Waals surface area contributed by atoms with E-state index in [1.54, 1.807) is 0 Å². The van der Waals surface area contributed by atoms with E-state index < -0.39 is 0 Å². The van der Waals surface area contributed by atoms with Gasteiger partial charge in [-0.05, 0) is 58.5 Å². The van der Waals surface area contributed by atoms with Crippen molar-refractivity contribution in [1.82, 2.24) is 0 Å². The largest absolute Gasteiger partial charge is 0.0683 e. The van der Waals surface area contributed by atoms with E-state index >= 15 is 0 Å². The maximum absolute atomic E-state index is 3.67. The highest BCUT2D eigenvalue weighted by atomic mass is 79.9. The summed E-state index contributed by atoms with van der Waals surface area (Å²) in [6.07, 6.45) is 3.39. The summed E-state index contributed by atoms with van der Waals surface area (Å²) in [5.41, 5.74) is 6.88. The van der Waals surface area contributed by atoms with E-state index in [0.29, 0.717) is 0 Å². The minimum Gasteiger partial charge on any atom is -0.0683 e. The van der Waals surface area contributed by atoms with Gasteiger partial charge in [0.05, 0.1) is 0 Å². The highest BCUT2D eigenvalue weighted by Gasteiger charge is 2.17. The van der Waals surface area contributed by atoms with Gasteiger partial charge in [0.15, 0.2) is 0 Å². The van der Waals surface area contributed by atoms with E-state index in [1.807, 2.05) is 0 Å². The van der Waals surface area contributed by atoms with Crippen LogP contribution in [0.5, 0.6) is 0 Å². The van der Waals surface area contributed by atoms with Crippen LogP contribution < -0.4 is 0 Å². The van der Waals surface area contributed by atoms with Crippen LogP contribution in [0.1, 0.15) is 18.1 Å². The number of allylic oxidation sites excluding steroid dienone is 1. The monoisotopic (exact) mass is 334 g/mol. The summed E-state index contributed by atoms with van der Waals surface area (Å²) < 4.78 is 1.16. The highest BCUT2D eigenvalue weighted by Crippen LogP contribution is 2.39. The molecule has 0 heterocycles. The molecule has 0 unspecified atom stereocenters. The molecule has 1 heteroatoms. The van der Waals surface area contributed by atoms with Crippen LogP contribution >= 0.6 is 15.9 Å². The molecule has 0 radical (unpaired) electrons. The van der Waals surface area contributed by atoms with Gasteiger partial charge in [0, 0.05) is 4.47 Å². The summed E-state index contributed by atoms with van der Waals surface area (Å²) in [6, 6.07) is 19.7. The van der Waals surface area contributed by atoms with E-state index in [-0.39, 0.29) is 0 Å². The fourth-order valence-corrected chi connectivity index (χ4v) is 3.78. The standard InChI is InChI=1S/C20H15Br/c1-13-9-15-11-16(21)12-20(19(15)10-13)18-8-4-6-14-5-2-3-7-17(14)18/h2-8,10-12H,9H2,1H3. The van der Waals surface area contributed by atoms with E-state index in [9.17, 15) is 0 Å². The van der Waals surface area contributed by atoms with Crippen molar-refractivity contribution in [3.05, 3.63) is 75.8 Å². The first kappa shape index (κ1) is 12.8. The van der Waals surface area contributed by atoms with Gasteiger partial charge in [-0.2, -0.15) is 0 Å². The van der Waals surface area contributed by atoms with Gasteiger partial charge in [-0.1, -0.05) is 70.0 Å². The van der Waals surface area contributed by atoms with Gasteiger partial charge < -0.3 is 0 Å². The summed E-state index contributed by atoms with van der Waals surface area (Å²) >= 11 is 3.67. The van der Waals surface area contributed by atoms with E-state index in [1.165, 1.54) is 38.6 Å². The Balaban J connectivity index is 2.06. The number of hydrogen-bond donors (Lipinski definition) is 0. The van der Waals surface area contributed by atoms with Gasteiger partial charge >= 0.3 is 0 Å². The minimum atomic E-state index is 1.06. The first-order chi connectivity index (χ1) is 10.2. The van der Waals surface area contributed by atoms with Crippen LogP contribution in [0.4, 0.5) is 0 Å². The molecular formula is C20H15Br. The predicted molar refractivity (Wildman–Crippen MR) is 94.4 cm³/mol. The maximum Gasteiger partial charge on any atom is 0.0184 e. The number of hydrogen-bond acceptors (Lipinski definition) is 0. The normalized spacial score (nSPS) is 13.3. The zero-order chi connectivity index (χ0) is 14.4. The Hall–Kier alpha value is -1.86. The molecule has 0 bridgehead atoms. The molecule has 0 amide bonds. The maximum atomic E-state index is 3.67. The predicted octanol–water partition coefficient (Wildman–Crippen LogP) is 6.23. The first-order valence-electron chi connectivity index (χ1n) is 7.20. The fraction of sp³-hybridized carbons (Fsp3) is 0.100. The van der Waals surface area contributed by atoms with Crippen LogP contribution in [0.25, 0.3) is 28.0 Å². The van der Waals surface area contributed by atoms with Gasteiger partial charge in [-0.25, -0.2) is 0 Å². The molecular weight excluding hydrogens is 320 g/mol. The van der Waals surface area contributed by atoms with Crippen LogP contribution in [-0.2, 0) is 6.42 Å². The van der Waals surface area contributed by atoms with Crippen molar-refractivity contribution < 1.29 is 0 Å². The van der Waals surface area contributed by atoms with E-state index in [0.717, 1.165) is 10.9 Å². The molecule has 21 heavy (non-hydrogen) atoms. The lowest BCUT2D eigenvalue weighted by molar-refractivity contribution is 1.19. The smallest absolute Gasteiger partial charge is 0.0184 e. The summed E-state index contributed by atoms with van der Waals surface area (Å²) in [5.74, 6) is 0. The summed E-state index contributed by atoms with van der Waals surface area (Å²) in [7, 11) is 0. The molecule has 1 aliphatic carbocycles. The van der Waals surface area contributed by atoms with Gasteiger partial charge in [-0.3, -0.25) is 0 Å². The molecule has 0 aromatic heterocycles. The first-order valence-corrected chi connectivity index (χ1v) is 7.99. The van der Waals surface area contributed by atoms with Crippen molar-refractivity contribution in [3.8, 4) is 11.1 Å². The van der Waals surface area contributed by atoms with Crippen LogP contribution in [0.2, 0.25) is 0 Å². The van der Waals surface area contributed by atoms with Crippen molar-refractivity contribution in [2.24, 2.45) is 0 Å². The van der Waals surface area contributed by atoms with Gasteiger partial charge in [-0.15, -0.1) is 0 Å². The lowest BCUT2D eigenvalue weighted by Gasteiger charge is -2.12. The lowest BCUT2D eigenvalue weighted by atomic mass is 9.93. The molecule has 4 rings (SSSR count). The van der Waals surface area contributed by atoms with Crippen LogP contribution in [0.15, 0.2) is 64.6 Å². The average Bonchev–Trinajstić information content (AvgIpc) is 2.86. The molecule has 0 saturated heterocycles. The zero-order valence-corrected chi connectivity index (χ0v) is 13.4. The fourth-order valence-electron chi connectivity index (χ4n) is 3.27. The Morgan fingerprint density at radius 2 is 1.71 bits per heavy atom.